The monoisotopic (exact) mass is 286 g/mol. The highest BCUT2D eigenvalue weighted by Crippen LogP contribution is 2.26. The van der Waals surface area contributed by atoms with Crippen LogP contribution in [0.5, 0.6) is 5.75 Å². The van der Waals surface area contributed by atoms with Crippen molar-refractivity contribution in [2.75, 3.05) is 31.4 Å². The van der Waals surface area contributed by atoms with Crippen molar-refractivity contribution in [2.24, 2.45) is 0 Å². The Labute approximate surface area is 126 Å². The molecule has 1 heterocycles. The average Bonchev–Trinajstić information content (AvgIpc) is 2.49. The van der Waals surface area contributed by atoms with E-state index in [4.69, 9.17) is 4.74 Å². The quantitative estimate of drug-likeness (QED) is 0.916. The van der Waals surface area contributed by atoms with Crippen LogP contribution in [0.2, 0.25) is 0 Å². The van der Waals surface area contributed by atoms with Gasteiger partial charge in [-0.15, -0.1) is 0 Å². The summed E-state index contributed by atoms with van der Waals surface area (Å²) in [4.78, 5) is 11.1. The number of hydrogen-bond donors (Lipinski definition) is 1. The fraction of sp³-hybridized carbons (Fsp3) is 0.375. The number of para-hydroxylation sites is 1. The van der Waals surface area contributed by atoms with E-state index in [1.807, 2.05) is 46.1 Å². The summed E-state index contributed by atoms with van der Waals surface area (Å²) in [6.07, 6.45) is 0. The van der Waals surface area contributed by atoms with E-state index in [2.05, 4.69) is 26.3 Å². The molecule has 0 bridgehead atoms. The van der Waals surface area contributed by atoms with Crippen LogP contribution in [0.4, 0.5) is 11.6 Å². The van der Waals surface area contributed by atoms with E-state index in [0.717, 1.165) is 40.9 Å². The largest absolute Gasteiger partial charge is 0.496 e. The summed E-state index contributed by atoms with van der Waals surface area (Å²) in [5.74, 6) is 3.44. The van der Waals surface area contributed by atoms with Gasteiger partial charge in [-0.3, -0.25) is 0 Å². The average molecular weight is 286 g/mol. The van der Waals surface area contributed by atoms with E-state index >= 15 is 0 Å². The molecule has 0 aliphatic rings. The normalized spacial score (nSPS) is 10.3. The van der Waals surface area contributed by atoms with Crippen molar-refractivity contribution in [1.82, 2.24) is 9.97 Å². The predicted octanol–water partition coefficient (Wildman–Crippen LogP) is 2.78. The Hall–Kier alpha value is -2.30. The summed E-state index contributed by atoms with van der Waals surface area (Å²) in [7, 11) is 5.59. The number of nitrogens with one attached hydrogen (secondary N) is 1. The predicted molar refractivity (Wildman–Crippen MR) is 86.2 cm³/mol. The third-order valence-electron chi connectivity index (χ3n) is 3.43. The summed E-state index contributed by atoms with van der Waals surface area (Å²) in [5, 5.41) is 3.12. The molecule has 0 amide bonds. The molecule has 0 atom stereocenters. The number of nitrogens with zero attached hydrogens (tertiary/aromatic N) is 3. The molecule has 0 unspecified atom stereocenters. The van der Waals surface area contributed by atoms with Crippen LogP contribution >= 0.6 is 0 Å². The van der Waals surface area contributed by atoms with Gasteiger partial charge in [0.1, 0.15) is 23.2 Å². The molecule has 0 spiro atoms. The third kappa shape index (κ3) is 3.24. The lowest BCUT2D eigenvalue weighted by Gasteiger charge is -2.22. The lowest BCUT2D eigenvalue weighted by molar-refractivity contribution is 0.409. The Bertz CT molecular complexity index is 628. The fourth-order valence-electron chi connectivity index (χ4n) is 2.39. The molecule has 0 saturated carbocycles. The SMILES string of the molecule is CNc1nc(C)nc(N(C)Cc2ccccc2OC)c1C. The second-order valence-electron chi connectivity index (χ2n) is 4.99. The molecule has 1 aromatic carbocycles. The molecule has 0 fully saturated rings. The Kier molecular flexibility index (Phi) is 4.62. The summed E-state index contributed by atoms with van der Waals surface area (Å²) in [5.41, 5.74) is 2.17. The van der Waals surface area contributed by atoms with E-state index in [-0.39, 0.29) is 0 Å². The molecule has 0 aliphatic heterocycles. The summed E-state index contributed by atoms with van der Waals surface area (Å²) in [6.45, 7) is 4.66. The number of ether oxygens (including phenoxy) is 1. The van der Waals surface area contributed by atoms with Crippen LogP contribution in [-0.2, 0) is 6.54 Å². The van der Waals surface area contributed by atoms with Crippen molar-refractivity contribution in [2.45, 2.75) is 20.4 Å². The van der Waals surface area contributed by atoms with Crippen LogP contribution in [0.3, 0.4) is 0 Å². The topological polar surface area (TPSA) is 50.3 Å². The van der Waals surface area contributed by atoms with Crippen LogP contribution in [0.1, 0.15) is 17.0 Å². The van der Waals surface area contributed by atoms with Gasteiger partial charge >= 0.3 is 0 Å². The number of benzene rings is 1. The van der Waals surface area contributed by atoms with Gasteiger partial charge in [0.25, 0.3) is 0 Å². The molecule has 112 valence electrons. The van der Waals surface area contributed by atoms with Crippen molar-refractivity contribution in [3.63, 3.8) is 0 Å². The van der Waals surface area contributed by atoms with Crippen molar-refractivity contribution in [3.8, 4) is 5.75 Å². The molecule has 1 aromatic heterocycles. The molecule has 0 radical (unpaired) electrons. The molecular weight excluding hydrogens is 264 g/mol. The standard InChI is InChI=1S/C16H22N4O/c1-11-15(17-3)18-12(2)19-16(11)20(4)10-13-8-6-7-9-14(13)21-5/h6-9H,10H2,1-5H3,(H,17,18,19). The molecule has 1 N–H and O–H groups in total. The Morgan fingerprint density at radius 1 is 1.19 bits per heavy atom. The van der Waals surface area contributed by atoms with Crippen LogP contribution in [-0.4, -0.2) is 31.2 Å². The molecule has 2 aromatic rings. The highest BCUT2D eigenvalue weighted by molar-refractivity contribution is 5.58. The zero-order chi connectivity index (χ0) is 15.4. The smallest absolute Gasteiger partial charge is 0.137 e. The van der Waals surface area contributed by atoms with Crippen LogP contribution < -0.4 is 15.0 Å². The maximum atomic E-state index is 5.41. The Morgan fingerprint density at radius 2 is 1.90 bits per heavy atom. The number of hydrogen-bond acceptors (Lipinski definition) is 5. The van der Waals surface area contributed by atoms with E-state index in [1.165, 1.54) is 0 Å². The first-order valence-electron chi connectivity index (χ1n) is 6.92. The van der Waals surface area contributed by atoms with Crippen LogP contribution in [0, 0.1) is 13.8 Å². The minimum atomic E-state index is 0.727. The number of anilines is 2. The highest BCUT2D eigenvalue weighted by Gasteiger charge is 2.14. The van der Waals surface area contributed by atoms with E-state index in [9.17, 15) is 0 Å². The summed E-state index contributed by atoms with van der Waals surface area (Å²) in [6, 6.07) is 8.03. The van der Waals surface area contributed by atoms with Gasteiger partial charge in [0.2, 0.25) is 0 Å². The summed E-state index contributed by atoms with van der Waals surface area (Å²) >= 11 is 0. The number of aromatic nitrogens is 2. The minimum absolute atomic E-state index is 0.727. The number of aryl methyl sites for hydroxylation is 1. The van der Waals surface area contributed by atoms with Gasteiger partial charge in [0.05, 0.1) is 7.11 Å². The van der Waals surface area contributed by atoms with Crippen molar-refractivity contribution < 1.29 is 4.74 Å². The Morgan fingerprint density at radius 3 is 2.57 bits per heavy atom. The van der Waals surface area contributed by atoms with Gasteiger partial charge < -0.3 is 15.0 Å². The third-order valence-corrected chi connectivity index (χ3v) is 3.43. The van der Waals surface area contributed by atoms with Crippen molar-refractivity contribution in [3.05, 3.63) is 41.2 Å². The van der Waals surface area contributed by atoms with Gasteiger partial charge in [0, 0.05) is 31.8 Å². The second-order valence-corrected chi connectivity index (χ2v) is 4.99. The van der Waals surface area contributed by atoms with Crippen LogP contribution in [0.25, 0.3) is 0 Å². The first kappa shape index (κ1) is 15.1. The van der Waals surface area contributed by atoms with Crippen molar-refractivity contribution in [1.29, 1.82) is 0 Å². The van der Waals surface area contributed by atoms with Gasteiger partial charge in [-0.1, -0.05) is 18.2 Å². The molecule has 2 rings (SSSR count). The first-order chi connectivity index (χ1) is 10.1. The van der Waals surface area contributed by atoms with E-state index in [1.54, 1.807) is 7.11 Å². The zero-order valence-electron chi connectivity index (χ0n) is 13.3. The van der Waals surface area contributed by atoms with Gasteiger partial charge in [0.15, 0.2) is 0 Å². The lowest BCUT2D eigenvalue weighted by atomic mass is 10.2. The first-order valence-corrected chi connectivity index (χ1v) is 6.92. The molecule has 5 nitrogen and oxygen atoms in total. The van der Waals surface area contributed by atoms with Crippen molar-refractivity contribution >= 4 is 11.6 Å². The molecule has 0 saturated heterocycles. The van der Waals surface area contributed by atoms with Gasteiger partial charge in [-0.2, -0.15) is 0 Å². The molecule has 0 aliphatic carbocycles. The van der Waals surface area contributed by atoms with E-state index < -0.39 is 0 Å². The zero-order valence-corrected chi connectivity index (χ0v) is 13.3. The van der Waals surface area contributed by atoms with E-state index in [0.29, 0.717) is 0 Å². The lowest BCUT2D eigenvalue weighted by Crippen LogP contribution is -2.20. The maximum absolute atomic E-state index is 5.41. The number of rotatable bonds is 5. The van der Waals surface area contributed by atoms with Gasteiger partial charge in [-0.05, 0) is 19.9 Å². The maximum Gasteiger partial charge on any atom is 0.137 e. The second kappa shape index (κ2) is 6.43. The van der Waals surface area contributed by atoms with Gasteiger partial charge in [-0.25, -0.2) is 9.97 Å². The summed E-state index contributed by atoms with van der Waals surface area (Å²) < 4.78 is 5.41. The minimum Gasteiger partial charge on any atom is -0.496 e. The highest BCUT2D eigenvalue weighted by atomic mass is 16.5. The molecular formula is C16H22N4O. The molecule has 5 heteroatoms. The fourth-order valence-corrected chi connectivity index (χ4v) is 2.39. The van der Waals surface area contributed by atoms with Crippen LogP contribution in [0.15, 0.2) is 24.3 Å². The number of methoxy groups -OCH3 is 1. The Balaban J connectivity index is 2.32. The molecule has 21 heavy (non-hydrogen) atoms.